The van der Waals surface area contributed by atoms with Crippen molar-refractivity contribution in [3.8, 4) is 0 Å². The Bertz CT molecular complexity index is 557. The molecule has 88 valence electrons. The lowest BCUT2D eigenvalue weighted by Crippen LogP contribution is -2.03. The summed E-state index contributed by atoms with van der Waals surface area (Å²) in [6.45, 7) is 0. The number of aryl methyl sites for hydroxylation is 1. The molecule has 0 spiro atoms. The fourth-order valence-electron chi connectivity index (χ4n) is 1.87. The van der Waals surface area contributed by atoms with Crippen LogP contribution in [0.15, 0.2) is 29.2 Å². The summed E-state index contributed by atoms with van der Waals surface area (Å²) in [5.74, 6) is 0.839. The smallest absolute Gasteiger partial charge is 0.218 e. The van der Waals surface area contributed by atoms with Gasteiger partial charge in [0.1, 0.15) is 11.6 Å². The first-order valence-electron chi connectivity index (χ1n) is 5.22. The maximum Gasteiger partial charge on any atom is 0.218 e. The number of aromatic amines is 1. The first kappa shape index (κ1) is 10.6. The van der Waals surface area contributed by atoms with Crippen LogP contribution in [-0.2, 0) is 17.6 Å². The van der Waals surface area contributed by atoms with E-state index in [1.165, 1.54) is 12.1 Å². The largest absolute Gasteiger partial charge is 0.611 e. The van der Waals surface area contributed by atoms with E-state index in [9.17, 15) is 8.94 Å². The molecule has 1 aromatic carbocycles. The average molecular weight is 251 g/mol. The molecule has 0 radical (unpaired) electrons. The van der Waals surface area contributed by atoms with Gasteiger partial charge < -0.3 is 9.87 Å². The number of rotatable bonds is 2. The minimum Gasteiger partial charge on any atom is -0.611 e. The van der Waals surface area contributed by atoms with E-state index in [2.05, 4.69) is 15.5 Å². The minimum absolute atomic E-state index is 0.316. The van der Waals surface area contributed by atoms with Crippen molar-refractivity contribution in [1.82, 2.24) is 10.2 Å². The summed E-state index contributed by atoms with van der Waals surface area (Å²) in [5, 5.41) is 9.89. The van der Waals surface area contributed by atoms with E-state index in [-0.39, 0.29) is 5.82 Å². The summed E-state index contributed by atoms with van der Waals surface area (Å²) in [5.41, 5.74) is 1.51. The molecular weight excluding hydrogens is 241 g/mol. The zero-order valence-corrected chi connectivity index (χ0v) is 9.68. The van der Waals surface area contributed by atoms with Crippen LogP contribution in [0, 0.1) is 5.82 Å². The van der Waals surface area contributed by atoms with Crippen molar-refractivity contribution in [2.24, 2.45) is 0 Å². The Kier molecular flexibility index (Phi) is 2.53. The molecule has 0 saturated carbocycles. The first-order chi connectivity index (χ1) is 8.24. The Hall–Kier alpha value is -1.53. The number of nitrogens with zero attached hydrogens (tertiary/aromatic N) is 1. The molecule has 2 N–H and O–H groups in total. The van der Waals surface area contributed by atoms with E-state index in [4.69, 9.17) is 0 Å². The highest BCUT2D eigenvalue weighted by Gasteiger charge is 2.31. The van der Waals surface area contributed by atoms with Gasteiger partial charge in [0.2, 0.25) is 10.7 Å². The van der Waals surface area contributed by atoms with Crippen LogP contribution in [-0.4, -0.2) is 20.5 Å². The van der Waals surface area contributed by atoms with E-state index in [1.54, 1.807) is 12.1 Å². The molecule has 4 nitrogen and oxygen atoms in total. The topological polar surface area (TPSA) is 63.8 Å². The SMILES string of the molecule is [O-][S+]1CCc2[nH]nc(Nc3cccc(F)c3)c21. The zero-order valence-electron chi connectivity index (χ0n) is 8.87. The van der Waals surface area contributed by atoms with Crippen molar-refractivity contribution in [2.45, 2.75) is 11.3 Å². The Morgan fingerprint density at radius 3 is 3.18 bits per heavy atom. The van der Waals surface area contributed by atoms with Crippen LogP contribution in [0.25, 0.3) is 0 Å². The summed E-state index contributed by atoms with van der Waals surface area (Å²) >= 11 is -1.01. The van der Waals surface area contributed by atoms with Crippen LogP contribution in [0.1, 0.15) is 5.69 Å². The number of aromatic nitrogens is 2. The highest BCUT2D eigenvalue weighted by atomic mass is 32.2. The Morgan fingerprint density at radius 1 is 1.47 bits per heavy atom. The number of fused-ring (bicyclic) bond motifs is 1. The molecule has 1 atom stereocenters. The van der Waals surface area contributed by atoms with Crippen molar-refractivity contribution >= 4 is 22.7 Å². The molecule has 17 heavy (non-hydrogen) atoms. The summed E-state index contributed by atoms with van der Waals surface area (Å²) in [6, 6.07) is 6.10. The van der Waals surface area contributed by atoms with Gasteiger partial charge in [-0.15, -0.1) is 0 Å². The van der Waals surface area contributed by atoms with Crippen LogP contribution in [0.2, 0.25) is 0 Å². The normalized spacial score (nSPS) is 18.1. The fourth-order valence-corrected chi connectivity index (χ4v) is 3.20. The number of hydrogen-bond donors (Lipinski definition) is 2. The molecule has 6 heteroatoms. The molecule has 0 amide bonds. The van der Waals surface area contributed by atoms with Crippen molar-refractivity contribution in [1.29, 1.82) is 0 Å². The van der Waals surface area contributed by atoms with Crippen molar-refractivity contribution in [3.63, 3.8) is 0 Å². The van der Waals surface area contributed by atoms with Crippen LogP contribution >= 0.6 is 0 Å². The number of anilines is 2. The number of hydrogen-bond acceptors (Lipinski definition) is 3. The second kappa shape index (κ2) is 4.05. The van der Waals surface area contributed by atoms with Gasteiger partial charge in [0, 0.05) is 12.1 Å². The van der Waals surface area contributed by atoms with Crippen LogP contribution in [0.5, 0.6) is 0 Å². The Morgan fingerprint density at radius 2 is 2.35 bits per heavy atom. The second-order valence-electron chi connectivity index (χ2n) is 3.81. The molecule has 0 fully saturated rings. The van der Waals surface area contributed by atoms with Gasteiger partial charge in [-0.2, -0.15) is 5.10 Å². The van der Waals surface area contributed by atoms with Gasteiger partial charge in [-0.3, -0.25) is 5.10 Å². The maximum absolute atomic E-state index is 13.0. The van der Waals surface area contributed by atoms with Gasteiger partial charge in [0.25, 0.3) is 0 Å². The first-order valence-corrected chi connectivity index (χ1v) is 6.54. The summed E-state index contributed by atoms with van der Waals surface area (Å²) in [6.07, 6.45) is 0.750. The number of H-pyrrole nitrogens is 1. The van der Waals surface area contributed by atoms with Crippen LogP contribution in [0.3, 0.4) is 0 Å². The Balaban J connectivity index is 1.91. The van der Waals surface area contributed by atoms with Crippen molar-refractivity contribution in [2.75, 3.05) is 11.1 Å². The molecular formula is C11H10FN3OS. The predicted molar refractivity (Wildman–Crippen MR) is 63.2 cm³/mol. The molecule has 2 aromatic rings. The zero-order chi connectivity index (χ0) is 11.8. The van der Waals surface area contributed by atoms with Gasteiger partial charge in [-0.05, 0) is 29.4 Å². The Labute approximate surface area is 100 Å². The van der Waals surface area contributed by atoms with Crippen LogP contribution in [0.4, 0.5) is 15.9 Å². The number of halogens is 1. The summed E-state index contributed by atoms with van der Waals surface area (Å²) in [4.78, 5) is 0.717. The molecule has 0 bridgehead atoms. The summed E-state index contributed by atoms with van der Waals surface area (Å²) < 4.78 is 24.8. The third-order valence-electron chi connectivity index (χ3n) is 2.64. The van der Waals surface area contributed by atoms with E-state index in [1.807, 2.05) is 0 Å². The number of nitrogens with one attached hydrogen (secondary N) is 2. The quantitative estimate of drug-likeness (QED) is 0.802. The van der Waals surface area contributed by atoms with Gasteiger partial charge >= 0.3 is 0 Å². The van der Waals surface area contributed by atoms with E-state index in [0.29, 0.717) is 22.2 Å². The molecule has 1 aromatic heterocycles. The fraction of sp³-hybridized carbons (Fsp3) is 0.182. The van der Waals surface area contributed by atoms with Gasteiger partial charge in [0.15, 0.2) is 0 Å². The third kappa shape index (κ3) is 1.89. The third-order valence-corrected chi connectivity index (χ3v) is 4.11. The summed E-state index contributed by atoms with van der Waals surface area (Å²) in [7, 11) is 0. The molecule has 0 saturated heterocycles. The highest BCUT2D eigenvalue weighted by Crippen LogP contribution is 2.32. The standard InChI is InChI=1S/C11H10FN3OS/c12-7-2-1-3-8(6-7)13-11-10-9(14-15-11)4-5-17(10)16/h1-3,6H,4-5H2,(H2,13,14,15). The predicted octanol–water partition coefficient (Wildman–Crippen LogP) is 1.96. The molecule has 0 aliphatic carbocycles. The lowest BCUT2D eigenvalue weighted by molar-refractivity contribution is 0.599. The van der Waals surface area contributed by atoms with Crippen molar-refractivity contribution < 1.29 is 8.94 Å². The van der Waals surface area contributed by atoms with Crippen molar-refractivity contribution in [3.05, 3.63) is 35.8 Å². The highest BCUT2D eigenvalue weighted by molar-refractivity contribution is 7.91. The average Bonchev–Trinajstić information content (AvgIpc) is 2.84. The minimum atomic E-state index is -1.01. The van der Waals surface area contributed by atoms with Gasteiger partial charge in [-0.25, -0.2) is 4.39 Å². The molecule has 3 rings (SSSR count). The maximum atomic E-state index is 13.0. The number of benzene rings is 1. The lowest BCUT2D eigenvalue weighted by atomic mass is 10.3. The molecule has 1 aliphatic heterocycles. The van der Waals surface area contributed by atoms with Crippen LogP contribution < -0.4 is 5.32 Å². The second-order valence-corrected chi connectivity index (χ2v) is 5.32. The van der Waals surface area contributed by atoms with E-state index >= 15 is 0 Å². The monoisotopic (exact) mass is 251 g/mol. The molecule has 1 aliphatic rings. The van der Waals surface area contributed by atoms with Gasteiger partial charge in [-0.1, -0.05) is 6.07 Å². The lowest BCUT2D eigenvalue weighted by Gasteiger charge is -2.06. The molecule has 2 heterocycles. The van der Waals surface area contributed by atoms with Gasteiger partial charge in [0.05, 0.1) is 5.69 Å². The molecule has 1 unspecified atom stereocenters. The van der Waals surface area contributed by atoms with E-state index in [0.717, 1.165) is 12.1 Å². The van der Waals surface area contributed by atoms with E-state index < -0.39 is 11.2 Å².